The van der Waals surface area contributed by atoms with Gasteiger partial charge in [0, 0.05) is 22.7 Å². The fourth-order valence-corrected chi connectivity index (χ4v) is 5.77. The molecule has 0 radical (unpaired) electrons. The highest BCUT2D eigenvalue weighted by molar-refractivity contribution is 7.90. The number of carbonyl (C=O) groups excluding carboxylic acids is 1. The number of ether oxygens (including phenoxy) is 1. The average molecular weight is 591 g/mol. The number of nitrogens with zero attached hydrogens (tertiary/aromatic N) is 1. The molecule has 1 heterocycles. The Morgan fingerprint density at radius 2 is 1.49 bits per heavy atom. The summed E-state index contributed by atoms with van der Waals surface area (Å²) in [6, 6.07) is 18.4. The lowest BCUT2D eigenvalue weighted by atomic mass is 9.88. The van der Waals surface area contributed by atoms with Gasteiger partial charge in [0.15, 0.2) is 9.84 Å². The van der Waals surface area contributed by atoms with Crippen LogP contribution in [-0.2, 0) is 30.6 Å². The minimum atomic E-state index is -3.38. The summed E-state index contributed by atoms with van der Waals surface area (Å²) in [5.41, 5.74) is 2.10. The molecule has 1 aliphatic heterocycles. The Hall–Kier alpha value is -2.91. The zero-order chi connectivity index (χ0) is 28.3. The summed E-state index contributed by atoms with van der Waals surface area (Å²) < 4.78 is 30.3. The second-order valence-electron chi connectivity index (χ2n) is 9.60. The van der Waals surface area contributed by atoms with Gasteiger partial charge in [-0.15, -0.1) is 0 Å². The van der Waals surface area contributed by atoms with Gasteiger partial charge < -0.3 is 14.7 Å². The highest BCUT2D eigenvalue weighted by atomic mass is 35.5. The molecule has 3 aromatic carbocycles. The molecular formula is C29H29Cl2NO6S. The summed E-state index contributed by atoms with van der Waals surface area (Å²) in [4.78, 5) is 28.2. The number of carboxylic acids is 1. The van der Waals surface area contributed by atoms with Gasteiger partial charge in [0.2, 0.25) is 0 Å². The van der Waals surface area contributed by atoms with E-state index in [1.54, 1.807) is 60.7 Å². The Bertz CT molecular complexity index is 1430. The van der Waals surface area contributed by atoms with Crippen LogP contribution >= 0.6 is 23.2 Å². The number of carbonyl (C=O) groups is 2. The van der Waals surface area contributed by atoms with Crippen molar-refractivity contribution in [3.05, 3.63) is 99.5 Å². The summed E-state index contributed by atoms with van der Waals surface area (Å²) in [5, 5.41) is 11.3. The lowest BCUT2D eigenvalue weighted by Crippen LogP contribution is -2.57. The maximum absolute atomic E-state index is 14.1. The molecule has 0 aromatic heterocycles. The topological polar surface area (TPSA) is 101 Å². The van der Waals surface area contributed by atoms with Crippen LogP contribution in [0.3, 0.4) is 0 Å². The zero-order valence-corrected chi connectivity index (χ0v) is 23.8. The van der Waals surface area contributed by atoms with Gasteiger partial charge >= 0.3 is 5.97 Å². The summed E-state index contributed by atoms with van der Waals surface area (Å²) in [6.07, 6.45) is 0.361. The van der Waals surface area contributed by atoms with Gasteiger partial charge in [-0.3, -0.25) is 4.79 Å². The predicted molar refractivity (Wildman–Crippen MR) is 150 cm³/mol. The third kappa shape index (κ3) is 6.64. The van der Waals surface area contributed by atoms with Crippen molar-refractivity contribution in [3.63, 3.8) is 0 Å². The third-order valence-electron chi connectivity index (χ3n) is 6.79. The van der Waals surface area contributed by atoms with Crippen molar-refractivity contribution in [3.8, 4) is 0 Å². The normalized spacial score (nSPS) is 20.6. The van der Waals surface area contributed by atoms with Crippen molar-refractivity contribution in [2.75, 3.05) is 6.26 Å². The average Bonchev–Trinajstić information content (AvgIpc) is 2.89. The number of amides is 1. The van der Waals surface area contributed by atoms with Crippen LogP contribution in [0.15, 0.2) is 77.7 Å². The maximum Gasteiger partial charge on any atom is 0.326 e. The van der Waals surface area contributed by atoms with Crippen molar-refractivity contribution in [2.45, 2.75) is 55.4 Å². The highest BCUT2D eigenvalue weighted by Gasteiger charge is 2.48. The van der Waals surface area contributed by atoms with Gasteiger partial charge in [0.25, 0.3) is 5.91 Å². The quantitative estimate of drug-likeness (QED) is 0.333. The minimum Gasteiger partial charge on any atom is -0.480 e. The van der Waals surface area contributed by atoms with Gasteiger partial charge in [0.05, 0.1) is 10.9 Å². The van der Waals surface area contributed by atoms with E-state index in [0.29, 0.717) is 27.6 Å². The molecule has 3 aromatic rings. The SMILES string of the molecule is CCC[C@@H](C(=O)O)N1C(=O)[C@H](Cc2ccc(S(C)(=O)=O)cc2)O[C@@H](c2ccc(Cl)cc2)[C@H]1c1ccc(Cl)cc1. The molecule has 0 unspecified atom stereocenters. The summed E-state index contributed by atoms with van der Waals surface area (Å²) in [5.74, 6) is -1.55. The van der Waals surface area contributed by atoms with Crippen molar-refractivity contribution >= 4 is 44.9 Å². The molecule has 1 aliphatic rings. The van der Waals surface area contributed by atoms with Crippen LogP contribution in [0.2, 0.25) is 10.0 Å². The molecule has 7 nitrogen and oxygen atoms in total. The molecule has 1 N–H and O–H groups in total. The first-order chi connectivity index (χ1) is 18.5. The highest BCUT2D eigenvalue weighted by Crippen LogP contribution is 2.44. The Morgan fingerprint density at radius 1 is 0.949 bits per heavy atom. The fraction of sp³-hybridized carbons (Fsp3) is 0.310. The number of benzene rings is 3. The molecular weight excluding hydrogens is 561 g/mol. The van der Waals surface area contributed by atoms with Crippen molar-refractivity contribution in [1.29, 1.82) is 0 Å². The number of carboxylic acid groups (broad SMARTS) is 1. The number of aliphatic carboxylic acids is 1. The van der Waals surface area contributed by atoms with Gasteiger partial charge in [-0.25, -0.2) is 13.2 Å². The molecule has 39 heavy (non-hydrogen) atoms. The van der Waals surface area contributed by atoms with E-state index in [9.17, 15) is 23.1 Å². The van der Waals surface area contributed by atoms with Crippen LogP contribution < -0.4 is 0 Å². The van der Waals surface area contributed by atoms with Crippen LogP contribution in [-0.4, -0.2) is 48.7 Å². The van der Waals surface area contributed by atoms with E-state index in [-0.39, 0.29) is 17.7 Å². The number of morpholine rings is 1. The van der Waals surface area contributed by atoms with Crippen molar-refractivity contribution in [2.24, 2.45) is 0 Å². The molecule has 0 aliphatic carbocycles. The molecule has 1 fully saturated rings. The number of halogens is 2. The Balaban J connectivity index is 1.82. The van der Waals surface area contributed by atoms with E-state index in [2.05, 4.69) is 0 Å². The number of sulfone groups is 1. The maximum atomic E-state index is 14.1. The molecule has 0 spiro atoms. The van der Waals surface area contributed by atoms with Gasteiger partial charge in [0.1, 0.15) is 18.2 Å². The fourth-order valence-electron chi connectivity index (χ4n) is 4.89. The molecule has 4 atom stereocenters. The van der Waals surface area contributed by atoms with Crippen molar-refractivity contribution < 1.29 is 27.9 Å². The van der Waals surface area contributed by atoms with Crippen LogP contribution in [0.4, 0.5) is 0 Å². The first-order valence-electron chi connectivity index (χ1n) is 12.5. The second-order valence-corrected chi connectivity index (χ2v) is 12.5. The van der Waals surface area contributed by atoms with E-state index in [0.717, 1.165) is 11.8 Å². The second kappa shape index (κ2) is 12.1. The zero-order valence-electron chi connectivity index (χ0n) is 21.5. The predicted octanol–water partition coefficient (Wildman–Crippen LogP) is 5.90. The number of rotatable bonds is 9. The van der Waals surface area contributed by atoms with E-state index in [1.807, 2.05) is 6.92 Å². The van der Waals surface area contributed by atoms with Crippen LogP contribution in [0.25, 0.3) is 0 Å². The molecule has 0 saturated carbocycles. The molecule has 0 bridgehead atoms. The van der Waals surface area contributed by atoms with Crippen molar-refractivity contribution in [1.82, 2.24) is 4.90 Å². The summed E-state index contributed by atoms with van der Waals surface area (Å²) in [7, 11) is -3.38. The lowest BCUT2D eigenvalue weighted by molar-refractivity contribution is -0.184. The molecule has 1 saturated heterocycles. The molecule has 1 amide bonds. The van der Waals surface area contributed by atoms with Crippen LogP contribution in [0, 0.1) is 0 Å². The standard InChI is InChI=1S/C29H29Cl2NO6S/c1-3-4-24(29(34)35)32-26(19-7-11-21(30)12-8-19)27(20-9-13-22(31)14-10-20)38-25(28(32)33)17-18-5-15-23(16-6-18)39(2,36)37/h5-16,24-27H,3-4,17H2,1-2H3,(H,34,35)/t24-,25-,26+,27-/m0/s1. The smallest absolute Gasteiger partial charge is 0.326 e. The van der Waals surface area contributed by atoms with Crippen LogP contribution in [0.1, 0.15) is 48.6 Å². The van der Waals surface area contributed by atoms with E-state index in [1.165, 1.54) is 17.0 Å². The Kier molecular flexibility index (Phi) is 9.01. The Morgan fingerprint density at radius 3 is 1.97 bits per heavy atom. The van der Waals surface area contributed by atoms with Crippen LogP contribution in [0.5, 0.6) is 0 Å². The number of hydrogen-bond donors (Lipinski definition) is 1. The van der Waals surface area contributed by atoms with E-state index < -0.39 is 46.0 Å². The van der Waals surface area contributed by atoms with E-state index in [4.69, 9.17) is 27.9 Å². The van der Waals surface area contributed by atoms with E-state index >= 15 is 0 Å². The third-order valence-corrected chi connectivity index (χ3v) is 8.43. The molecule has 206 valence electrons. The van der Waals surface area contributed by atoms with Gasteiger partial charge in [-0.1, -0.05) is 72.9 Å². The van der Waals surface area contributed by atoms with Gasteiger partial charge in [-0.2, -0.15) is 0 Å². The monoisotopic (exact) mass is 589 g/mol. The largest absolute Gasteiger partial charge is 0.480 e. The molecule has 10 heteroatoms. The minimum absolute atomic E-state index is 0.134. The Labute approximate surface area is 238 Å². The first-order valence-corrected chi connectivity index (χ1v) is 15.1. The van der Waals surface area contributed by atoms with Gasteiger partial charge in [-0.05, 0) is 59.5 Å². The number of hydrogen-bond acceptors (Lipinski definition) is 5. The summed E-state index contributed by atoms with van der Waals surface area (Å²) >= 11 is 12.3. The first kappa shape index (κ1) is 29.1. The molecule has 4 rings (SSSR count). The summed E-state index contributed by atoms with van der Waals surface area (Å²) in [6.45, 7) is 1.87. The lowest BCUT2D eigenvalue weighted by Gasteiger charge is -2.47.